The molecule has 1 aliphatic rings. The summed E-state index contributed by atoms with van der Waals surface area (Å²) in [5, 5.41) is 14.1. The van der Waals surface area contributed by atoms with Gasteiger partial charge in [0.25, 0.3) is 0 Å². The molecular formula is C12H14F3N3O4. The lowest BCUT2D eigenvalue weighted by Gasteiger charge is -2.26. The number of aromatic nitrogens is 2. The van der Waals surface area contributed by atoms with Crippen LogP contribution in [0.5, 0.6) is 0 Å². The van der Waals surface area contributed by atoms with Crippen molar-refractivity contribution in [2.75, 3.05) is 7.11 Å². The molecule has 0 spiro atoms. The van der Waals surface area contributed by atoms with Gasteiger partial charge in [0.2, 0.25) is 5.69 Å². The normalized spacial score (nSPS) is 22.4. The molecule has 0 radical (unpaired) electrons. The van der Waals surface area contributed by atoms with E-state index >= 15 is 0 Å². The molecule has 0 amide bonds. The van der Waals surface area contributed by atoms with E-state index in [0.29, 0.717) is 25.7 Å². The SMILES string of the molecule is COC(=O)C1CCC(n2cc([N+](=O)[O-])c(C(F)(F)F)n2)CC1. The van der Waals surface area contributed by atoms with Gasteiger partial charge < -0.3 is 4.74 Å². The molecule has 0 saturated heterocycles. The number of nitro groups is 1. The molecule has 0 bridgehead atoms. The molecule has 0 aliphatic heterocycles. The molecule has 1 aromatic rings. The van der Waals surface area contributed by atoms with Crippen molar-refractivity contribution in [3.8, 4) is 0 Å². The Labute approximate surface area is 123 Å². The first kappa shape index (κ1) is 16.2. The van der Waals surface area contributed by atoms with Crippen LogP contribution in [0.4, 0.5) is 18.9 Å². The molecule has 1 fully saturated rings. The summed E-state index contributed by atoms with van der Waals surface area (Å²) in [5.74, 6) is -0.630. The zero-order chi connectivity index (χ0) is 16.5. The van der Waals surface area contributed by atoms with Crippen molar-refractivity contribution in [2.45, 2.75) is 37.9 Å². The summed E-state index contributed by atoms with van der Waals surface area (Å²) in [7, 11) is 1.28. The van der Waals surface area contributed by atoms with Crippen molar-refractivity contribution < 1.29 is 27.6 Å². The fourth-order valence-electron chi connectivity index (χ4n) is 2.65. The number of methoxy groups -OCH3 is 1. The highest BCUT2D eigenvalue weighted by Crippen LogP contribution is 2.38. The van der Waals surface area contributed by atoms with E-state index in [4.69, 9.17) is 0 Å². The lowest BCUT2D eigenvalue weighted by molar-refractivity contribution is -0.388. The smallest absolute Gasteiger partial charge is 0.442 e. The van der Waals surface area contributed by atoms with Gasteiger partial charge in [-0.05, 0) is 25.7 Å². The zero-order valence-electron chi connectivity index (χ0n) is 11.7. The predicted octanol–water partition coefficient (Wildman–Crippen LogP) is 2.71. The largest absolute Gasteiger partial charge is 0.469 e. The van der Waals surface area contributed by atoms with Crippen molar-refractivity contribution in [1.82, 2.24) is 9.78 Å². The molecule has 0 aromatic carbocycles. The van der Waals surface area contributed by atoms with Crippen LogP contribution in [0.2, 0.25) is 0 Å². The van der Waals surface area contributed by atoms with E-state index in [9.17, 15) is 28.1 Å². The molecule has 0 unspecified atom stereocenters. The van der Waals surface area contributed by atoms with Crippen LogP contribution in [-0.2, 0) is 15.7 Å². The molecule has 1 saturated carbocycles. The summed E-state index contributed by atoms with van der Waals surface area (Å²) in [5.41, 5.74) is -2.55. The van der Waals surface area contributed by atoms with Gasteiger partial charge in [-0.25, -0.2) is 0 Å². The standard InChI is InChI=1S/C12H14F3N3O4/c1-22-11(19)7-2-4-8(5-3-7)17-6-9(18(20)21)10(16-17)12(13,14)15/h6-8H,2-5H2,1H3. The summed E-state index contributed by atoms with van der Waals surface area (Å²) in [6, 6.07) is -0.393. The molecule has 122 valence electrons. The zero-order valence-corrected chi connectivity index (χ0v) is 11.7. The Hall–Kier alpha value is -2.13. The summed E-state index contributed by atoms with van der Waals surface area (Å²) >= 11 is 0. The van der Waals surface area contributed by atoms with Crippen molar-refractivity contribution in [1.29, 1.82) is 0 Å². The summed E-state index contributed by atoms with van der Waals surface area (Å²) < 4.78 is 43.9. The number of alkyl halides is 3. The van der Waals surface area contributed by atoms with E-state index in [0.717, 1.165) is 10.9 Å². The Kier molecular flexibility index (Phi) is 4.38. The molecule has 0 atom stereocenters. The minimum absolute atomic E-state index is 0.283. The van der Waals surface area contributed by atoms with Crippen molar-refractivity contribution in [2.24, 2.45) is 5.92 Å². The van der Waals surface area contributed by atoms with Crippen LogP contribution < -0.4 is 0 Å². The Morgan fingerprint density at radius 3 is 2.41 bits per heavy atom. The molecule has 22 heavy (non-hydrogen) atoms. The molecule has 1 heterocycles. The second kappa shape index (κ2) is 5.93. The molecule has 0 N–H and O–H groups in total. The van der Waals surface area contributed by atoms with Gasteiger partial charge in [0.05, 0.1) is 24.0 Å². The number of hydrogen-bond donors (Lipinski definition) is 0. The van der Waals surface area contributed by atoms with Crippen LogP contribution in [0.3, 0.4) is 0 Å². The third kappa shape index (κ3) is 3.20. The maximum atomic E-state index is 12.8. The van der Waals surface area contributed by atoms with Gasteiger partial charge in [-0.1, -0.05) is 0 Å². The van der Waals surface area contributed by atoms with Gasteiger partial charge in [0.15, 0.2) is 0 Å². The summed E-state index contributed by atoms with van der Waals surface area (Å²) in [6.07, 6.45) is -2.34. The maximum absolute atomic E-state index is 12.8. The van der Waals surface area contributed by atoms with Crippen LogP contribution in [0.25, 0.3) is 0 Å². The van der Waals surface area contributed by atoms with E-state index in [1.54, 1.807) is 0 Å². The molecule has 1 aliphatic carbocycles. The fraction of sp³-hybridized carbons (Fsp3) is 0.667. The molecular weight excluding hydrogens is 307 g/mol. The summed E-state index contributed by atoms with van der Waals surface area (Å²) in [4.78, 5) is 21.1. The van der Waals surface area contributed by atoms with E-state index in [2.05, 4.69) is 9.84 Å². The first-order valence-corrected chi connectivity index (χ1v) is 6.62. The van der Waals surface area contributed by atoms with Gasteiger partial charge in [-0.2, -0.15) is 18.3 Å². The highest BCUT2D eigenvalue weighted by atomic mass is 19.4. The van der Waals surface area contributed by atoms with Crippen molar-refractivity contribution in [3.63, 3.8) is 0 Å². The number of carbonyl (C=O) groups is 1. The highest BCUT2D eigenvalue weighted by molar-refractivity contribution is 5.72. The minimum atomic E-state index is -4.88. The van der Waals surface area contributed by atoms with Gasteiger partial charge in [-0.15, -0.1) is 0 Å². The van der Waals surface area contributed by atoms with Gasteiger partial charge in [0.1, 0.15) is 6.20 Å². The van der Waals surface area contributed by atoms with Crippen molar-refractivity contribution in [3.05, 3.63) is 22.0 Å². The lowest BCUT2D eigenvalue weighted by atomic mass is 9.86. The first-order valence-electron chi connectivity index (χ1n) is 6.62. The second-order valence-corrected chi connectivity index (χ2v) is 5.13. The first-order chi connectivity index (χ1) is 10.2. The predicted molar refractivity (Wildman–Crippen MR) is 66.9 cm³/mol. The van der Waals surface area contributed by atoms with Crippen LogP contribution in [0.1, 0.15) is 37.4 Å². The maximum Gasteiger partial charge on any atom is 0.442 e. The van der Waals surface area contributed by atoms with Gasteiger partial charge in [0, 0.05) is 0 Å². The Bertz CT molecular complexity index is 577. The van der Waals surface area contributed by atoms with E-state index < -0.39 is 28.5 Å². The van der Waals surface area contributed by atoms with Crippen LogP contribution in [0, 0.1) is 16.0 Å². The number of carbonyl (C=O) groups excluding carboxylic acids is 1. The third-order valence-corrected chi connectivity index (χ3v) is 3.78. The van der Waals surface area contributed by atoms with E-state index in [1.165, 1.54) is 7.11 Å². The van der Waals surface area contributed by atoms with Gasteiger partial charge >= 0.3 is 17.8 Å². The molecule has 1 aromatic heterocycles. The average Bonchev–Trinajstić information content (AvgIpc) is 2.92. The highest BCUT2D eigenvalue weighted by Gasteiger charge is 2.43. The Morgan fingerprint density at radius 1 is 1.41 bits per heavy atom. The molecule has 2 rings (SSSR count). The number of esters is 1. The van der Waals surface area contributed by atoms with Crippen LogP contribution in [0.15, 0.2) is 6.20 Å². The third-order valence-electron chi connectivity index (χ3n) is 3.78. The number of rotatable bonds is 3. The monoisotopic (exact) mass is 321 g/mol. The second-order valence-electron chi connectivity index (χ2n) is 5.13. The number of halogens is 3. The molecule has 10 heteroatoms. The number of nitrogens with zero attached hydrogens (tertiary/aromatic N) is 3. The van der Waals surface area contributed by atoms with E-state index in [1.807, 2.05) is 0 Å². The summed E-state index contributed by atoms with van der Waals surface area (Å²) in [6.45, 7) is 0. The molecule has 7 nitrogen and oxygen atoms in total. The topological polar surface area (TPSA) is 87.3 Å². The minimum Gasteiger partial charge on any atom is -0.469 e. The van der Waals surface area contributed by atoms with Crippen molar-refractivity contribution >= 4 is 11.7 Å². The number of hydrogen-bond acceptors (Lipinski definition) is 5. The van der Waals surface area contributed by atoms with Crippen LogP contribution in [-0.4, -0.2) is 27.8 Å². The Morgan fingerprint density at radius 2 is 2.00 bits per heavy atom. The van der Waals surface area contributed by atoms with Crippen LogP contribution >= 0.6 is 0 Å². The quantitative estimate of drug-likeness (QED) is 0.485. The van der Waals surface area contributed by atoms with Gasteiger partial charge in [-0.3, -0.25) is 19.6 Å². The Balaban J connectivity index is 2.18. The average molecular weight is 321 g/mol. The fourth-order valence-corrected chi connectivity index (χ4v) is 2.65. The lowest BCUT2D eigenvalue weighted by Crippen LogP contribution is -2.25. The van der Waals surface area contributed by atoms with E-state index in [-0.39, 0.29) is 11.9 Å². The number of ether oxygens (including phenoxy) is 1.